The summed E-state index contributed by atoms with van der Waals surface area (Å²) in [5, 5.41) is 9.16. The molecule has 0 amide bonds. The normalized spacial score (nSPS) is 16.6. The fourth-order valence-electron chi connectivity index (χ4n) is 4.94. The van der Waals surface area contributed by atoms with E-state index in [1.807, 2.05) is 12.1 Å². The van der Waals surface area contributed by atoms with Gasteiger partial charge in [-0.05, 0) is 88.6 Å². The number of carbonyl (C=O) groups is 1. The summed E-state index contributed by atoms with van der Waals surface area (Å²) < 4.78 is 2.24. The molecule has 0 aliphatic heterocycles. The molecule has 1 aromatic heterocycles. The molecule has 3 nitrogen and oxygen atoms in total. The Morgan fingerprint density at radius 2 is 1.55 bits per heavy atom. The Hall–Kier alpha value is -3.07. The van der Waals surface area contributed by atoms with Crippen molar-refractivity contribution in [3.05, 3.63) is 94.3 Å². The second kappa shape index (κ2) is 9.05. The van der Waals surface area contributed by atoms with Gasteiger partial charge in [-0.3, -0.25) is 0 Å². The molecule has 33 heavy (non-hydrogen) atoms. The third kappa shape index (κ3) is 5.13. The summed E-state index contributed by atoms with van der Waals surface area (Å²) >= 11 is 0. The van der Waals surface area contributed by atoms with Gasteiger partial charge in [0.25, 0.3) is 0 Å². The Bertz CT molecular complexity index is 1150. The van der Waals surface area contributed by atoms with E-state index < -0.39 is 5.97 Å². The molecule has 0 spiro atoms. The van der Waals surface area contributed by atoms with Gasteiger partial charge in [-0.15, -0.1) is 0 Å². The maximum Gasteiger partial charge on any atom is 0.335 e. The van der Waals surface area contributed by atoms with Crippen molar-refractivity contribution in [3.8, 4) is 0 Å². The van der Waals surface area contributed by atoms with Gasteiger partial charge >= 0.3 is 5.97 Å². The number of nitrogens with zero attached hydrogens (tertiary/aromatic N) is 1. The van der Waals surface area contributed by atoms with Crippen molar-refractivity contribution in [2.75, 3.05) is 0 Å². The lowest BCUT2D eigenvalue weighted by Crippen LogP contribution is -2.34. The van der Waals surface area contributed by atoms with Crippen molar-refractivity contribution < 1.29 is 9.90 Å². The van der Waals surface area contributed by atoms with Crippen LogP contribution in [0.3, 0.4) is 0 Å². The lowest BCUT2D eigenvalue weighted by atomic mass is 9.62. The van der Waals surface area contributed by atoms with Crippen LogP contribution < -0.4 is 0 Å². The van der Waals surface area contributed by atoms with Gasteiger partial charge in [0.2, 0.25) is 0 Å². The van der Waals surface area contributed by atoms with Gasteiger partial charge in [-0.2, -0.15) is 0 Å². The number of fused-ring (bicyclic) bond motifs is 1. The zero-order valence-corrected chi connectivity index (χ0v) is 20.3. The number of carboxylic acids is 1. The average molecular weight is 442 g/mol. The molecule has 1 aliphatic rings. The number of aryl methyl sites for hydroxylation is 2. The Labute approximate surface area is 197 Å². The van der Waals surface area contributed by atoms with E-state index in [1.54, 1.807) is 12.1 Å². The Balaban J connectivity index is 1.68. The van der Waals surface area contributed by atoms with Gasteiger partial charge in [0.1, 0.15) is 0 Å². The molecule has 3 heteroatoms. The maximum atomic E-state index is 11.2. The fourth-order valence-corrected chi connectivity index (χ4v) is 4.94. The van der Waals surface area contributed by atoms with E-state index in [9.17, 15) is 4.79 Å². The molecule has 0 radical (unpaired) electrons. The third-order valence-electron chi connectivity index (χ3n) is 7.25. The summed E-state index contributed by atoms with van der Waals surface area (Å²) in [7, 11) is 0. The van der Waals surface area contributed by atoms with E-state index in [0.717, 1.165) is 24.9 Å². The quantitative estimate of drug-likeness (QED) is 0.390. The summed E-state index contributed by atoms with van der Waals surface area (Å²) in [6.45, 7) is 10.5. The molecular formula is C30H35NO2. The summed E-state index contributed by atoms with van der Waals surface area (Å²) in [5.74, 6) is -0.893. The van der Waals surface area contributed by atoms with E-state index in [1.165, 1.54) is 35.1 Å². The molecule has 4 rings (SSSR count). The third-order valence-corrected chi connectivity index (χ3v) is 7.25. The van der Waals surface area contributed by atoms with Crippen LogP contribution in [0.5, 0.6) is 0 Å². The van der Waals surface area contributed by atoms with Crippen LogP contribution in [0.25, 0.3) is 12.2 Å². The van der Waals surface area contributed by atoms with Gasteiger partial charge in [0.15, 0.2) is 0 Å². The molecular weight excluding hydrogens is 406 g/mol. The summed E-state index contributed by atoms with van der Waals surface area (Å²) in [6, 6.07) is 16.1. The van der Waals surface area contributed by atoms with Crippen molar-refractivity contribution in [2.45, 2.75) is 70.8 Å². The van der Waals surface area contributed by atoms with Crippen LogP contribution in [-0.4, -0.2) is 15.6 Å². The number of aromatic carboxylic acids is 1. The van der Waals surface area contributed by atoms with Crippen molar-refractivity contribution in [1.82, 2.24) is 4.57 Å². The van der Waals surface area contributed by atoms with Crippen LogP contribution in [-0.2, 0) is 23.8 Å². The van der Waals surface area contributed by atoms with Crippen molar-refractivity contribution in [1.29, 1.82) is 0 Å². The highest BCUT2D eigenvalue weighted by Crippen LogP contribution is 2.46. The van der Waals surface area contributed by atoms with Gasteiger partial charge in [-0.25, -0.2) is 4.79 Å². The molecule has 0 saturated heterocycles. The second-order valence-electron chi connectivity index (χ2n) is 10.6. The SMILES string of the molecule is CC1(C)CCC(C)(C)c2cc(CCCn3cccc3)c(C=Cc3ccc(C(=O)O)cc3)cc21. The minimum Gasteiger partial charge on any atom is -0.478 e. The Morgan fingerprint density at radius 1 is 0.939 bits per heavy atom. The number of aromatic nitrogens is 1. The van der Waals surface area contributed by atoms with Gasteiger partial charge < -0.3 is 9.67 Å². The van der Waals surface area contributed by atoms with Gasteiger partial charge in [-0.1, -0.05) is 64.1 Å². The minimum absolute atomic E-state index is 0.167. The highest BCUT2D eigenvalue weighted by atomic mass is 16.4. The molecule has 1 aliphatic carbocycles. The summed E-state index contributed by atoms with van der Waals surface area (Å²) in [6.07, 6.45) is 13.1. The summed E-state index contributed by atoms with van der Waals surface area (Å²) in [5.41, 5.74) is 7.31. The molecule has 1 heterocycles. The summed E-state index contributed by atoms with van der Waals surface area (Å²) in [4.78, 5) is 11.2. The molecule has 2 aromatic carbocycles. The van der Waals surface area contributed by atoms with Crippen LogP contribution >= 0.6 is 0 Å². The molecule has 0 unspecified atom stereocenters. The standard InChI is InChI=1S/C30H35NO2/c1-29(2)15-16-30(3,4)27-21-25(14-11-22-9-12-23(13-10-22)28(32)33)24(20-26(27)29)8-7-19-31-17-5-6-18-31/h5-6,9-14,17-18,20-21H,7-8,15-16,19H2,1-4H3,(H,32,33). The van der Waals surface area contributed by atoms with Crippen molar-refractivity contribution in [3.63, 3.8) is 0 Å². The maximum absolute atomic E-state index is 11.2. The lowest BCUT2D eigenvalue weighted by molar-refractivity contribution is 0.0697. The van der Waals surface area contributed by atoms with E-state index in [-0.39, 0.29) is 10.8 Å². The monoisotopic (exact) mass is 441 g/mol. The number of hydrogen-bond acceptors (Lipinski definition) is 1. The molecule has 172 valence electrons. The number of hydrogen-bond donors (Lipinski definition) is 1. The van der Waals surface area contributed by atoms with E-state index in [4.69, 9.17) is 5.11 Å². The molecule has 0 bridgehead atoms. The molecule has 3 aromatic rings. The number of carboxylic acid groups (broad SMARTS) is 1. The topological polar surface area (TPSA) is 42.2 Å². The van der Waals surface area contributed by atoms with Crippen LogP contribution in [0, 0.1) is 0 Å². The molecule has 0 saturated carbocycles. The molecule has 0 fully saturated rings. The highest BCUT2D eigenvalue weighted by Gasteiger charge is 2.37. The van der Waals surface area contributed by atoms with Gasteiger partial charge in [0.05, 0.1) is 5.56 Å². The van der Waals surface area contributed by atoms with Crippen LogP contribution in [0.4, 0.5) is 0 Å². The first-order chi connectivity index (χ1) is 15.7. The van der Waals surface area contributed by atoms with E-state index >= 15 is 0 Å². The average Bonchev–Trinajstić information content (AvgIpc) is 3.29. The predicted molar refractivity (Wildman–Crippen MR) is 137 cm³/mol. The first-order valence-corrected chi connectivity index (χ1v) is 12.0. The minimum atomic E-state index is -0.893. The number of benzene rings is 2. The largest absolute Gasteiger partial charge is 0.478 e. The Kier molecular flexibility index (Phi) is 6.34. The van der Waals surface area contributed by atoms with Crippen LogP contribution in [0.1, 0.15) is 85.1 Å². The number of rotatable bonds is 7. The molecule has 1 N–H and O–H groups in total. The van der Waals surface area contributed by atoms with Crippen molar-refractivity contribution >= 4 is 18.1 Å². The van der Waals surface area contributed by atoms with E-state index in [0.29, 0.717) is 5.56 Å². The molecule has 0 atom stereocenters. The smallest absolute Gasteiger partial charge is 0.335 e. The fraction of sp³-hybridized carbons (Fsp3) is 0.367. The van der Waals surface area contributed by atoms with Crippen LogP contribution in [0.2, 0.25) is 0 Å². The second-order valence-corrected chi connectivity index (χ2v) is 10.6. The highest BCUT2D eigenvalue weighted by molar-refractivity contribution is 5.88. The Morgan fingerprint density at radius 3 is 2.15 bits per heavy atom. The van der Waals surface area contributed by atoms with E-state index in [2.05, 4.69) is 81.1 Å². The predicted octanol–water partition coefficient (Wildman–Crippen LogP) is 7.34. The van der Waals surface area contributed by atoms with Gasteiger partial charge in [0, 0.05) is 18.9 Å². The first-order valence-electron chi connectivity index (χ1n) is 12.0. The van der Waals surface area contributed by atoms with Crippen molar-refractivity contribution in [2.24, 2.45) is 0 Å². The van der Waals surface area contributed by atoms with Crippen LogP contribution in [0.15, 0.2) is 60.9 Å². The zero-order chi connectivity index (χ0) is 23.6. The zero-order valence-electron chi connectivity index (χ0n) is 20.3. The lowest BCUT2D eigenvalue weighted by Gasteiger charge is -2.42. The first kappa shape index (κ1) is 23.1.